The van der Waals surface area contributed by atoms with Crippen LogP contribution in [-0.4, -0.2) is 413 Å². The van der Waals surface area contributed by atoms with Gasteiger partial charge in [-0.1, -0.05) is 12.8 Å². The van der Waals surface area contributed by atoms with E-state index < -0.39 is 247 Å². The number of nitrogens with one attached hydrogen (secondary N) is 7. The monoisotopic (exact) mass is 1560 g/mol. The third-order valence-electron chi connectivity index (χ3n) is 20.2. The van der Waals surface area contributed by atoms with Crippen LogP contribution < -0.4 is 37.2 Å². The van der Waals surface area contributed by atoms with Gasteiger partial charge in [-0.05, 0) is 69.3 Å². The van der Waals surface area contributed by atoms with Gasteiger partial charge in [0.1, 0.15) is 128 Å². The Morgan fingerprint density at radius 1 is 0.413 bits per heavy atom. The van der Waals surface area contributed by atoms with Crippen molar-refractivity contribution < 1.29 is 158 Å². The smallest absolute Gasteiger partial charge is 0.217 e. The van der Waals surface area contributed by atoms with Crippen molar-refractivity contribution in [2.75, 3.05) is 92.0 Å². The van der Waals surface area contributed by atoms with Crippen LogP contribution in [-0.2, 0) is 66.4 Å². The van der Waals surface area contributed by atoms with E-state index in [4.69, 9.17) is 98.2 Å². The Morgan fingerprint density at radius 2 is 0.837 bits per heavy atom. The highest BCUT2D eigenvalue weighted by Crippen LogP contribution is 2.38. The molecule has 15 rings (SSSR count). The van der Waals surface area contributed by atoms with Crippen molar-refractivity contribution in [3.63, 3.8) is 0 Å². The molecule has 0 aromatic heterocycles. The lowest BCUT2D eigenvalue weighted by Crippen LogP contribution is -2.72. The van der Waals surface area contributed by atoms with E-state index in [1.807, 2.05) is 4.90 Å². The zero-order valence-electron chi connectivity index (χ0n) is 57.3. The molecule has 1 amide bonds. The molecule has 35 atom stereocenters. The number of nitrogens with zero attached hydrogens (tertiary/aromatic N) is 1. The van der Waals surface area contributed by atoms with E-state index in [1.165, 1.54) is 6.92 Å². The lowest BCUT2D eigenvalue weighted by molar-refractivity contribution is -0.361. The minimum absolute atomic E-state index is 0.0167. The zero-order chi connectivity index (χ0) is 75.4. The summed E-state index contributed by atoms with van der Waals surface area (Å²) in [4.78, 5) is 15.1. The van der Waals surface area contributed by atoms with Crippen LogP contribution >= 0.6 is 36.7 Å². The number of hydrogen-bond donors (Lipinski definition) is 25. The second-order valence-electron chi connectivity index (χ2n) is 27.3. The summed E-state index contributed by atoms with van der Waals surface area (Å²) < 4.78 is 77.5. The van der Waals surface area contributed by atoms with Crippen molar-refractivity contribution in [2.45, 2.75) is 255 Å². The Labute approximate surface area is 614 Å². The average molecular weight is 1560 g/mol. The van der Waals surface area contributed by atoms with E-state index in [0.29, 0.717) is 38.5 Å². The van der Waals surface area contributed by atoms with Crippen molar-refractivity contribution in [2.24, 2.45) is 11.8 Å². The van der Waals surface area contributed by atoms with Crippen molar-refractivity contribution >= 4 is 57.9 Å². The second-order valence-corrected chi connectivity index (χ2v) is 28.5. The fourth-order valence-corrected chi connectivity index (χ4v) is 14.8. The number of amides is 1. The molecule has 18 unspecified atom stereocenters. The summed E-state index contributed by atoms with van der Waals surface area (Å²) in [6, 6.07) is -1.44. The summed E-state index contributed by atoms with van der Waals surface area (Å²) in [5.74, 6) is -2.00. The molecule has 25 N–H and O–H groups in total. The van der Waals surface area contributed by atoms with Gasteiger partial charge in [-0.15, -0.1) is 0 Å². The maximum Gasteiger partial charge on any atom is 0.217 e. The third-order valence-corrected chi connectivity index (χ3v) is 21.0. The summed E-state index contributed by atoms with van der Waals surface area (Å²) >= 11 is 17.3. The first-order valence-corrected chi connectivity index (χ1v) is 36.4. The maximum absolute atomic E-state index is 13.1. The van der Waals surface area contributed by atoms with Crippen LogP contribution in [0.25, 0.3) is 0 Å². The van der Waals surface area contributed by atoms with E-state index in [-0.39, 0.29) is 80.9 Å². The third kappa shape index (κ3) is 21.1. The molecule has 0 radical (unpaired) electrons. The maximum atomic E-state index is 13.1. The number of aliphatic hydroxyl groups excluding tert-OH is 18. The molecule has 43 heteroatoms. The highest BCUT2D eigenvalue weighted by atomic mass is 32.1. The van der Waals surface area contributed by atoms with Gasteiger partial charge in [0.2, 0.25) is 5.91 Å². The predicted octanol–water partition coefficient (Wildman–Crippen LogP) is -12.5. The van der Waals surface area contributed by atoms with Crippen molar-refractivity contribution in [1.29, 1.82) is 0 Å². The predicted molar refractivity (Wildman–Crippen MR) is 360 cm³/mol. The number of hydrogen-bond acceptors (Lipinski definition) is 36. The molecule has 0 aliphatic carbocycles. The SMILES string of the molecule is CC(=O)NC1[C@H](NC(=S)NCCN(CCNC(=S)NCC2O[C@@H]3OC4C(CO)O[C@H](OCCCCC2[C@H](O)C3O)C(O)[C@H]4O)CCNC(=S)NCC2O[C@@H]3OC4C(CO)O[C@H](OCCCCC2[C@H](O)C3O)C(O)[C@H]4O)OC(CO)[C@@H](O[C@@H]2OC(CO)[C@H](O)[C@H](O)C2O)[C@@H]1O[C@@H]1OC(C)[C@@H](O)[C@H](O)C1O. The van der Waals surface area contributed by atoms with Gasteiger partial charge in [0, 0.05) is 84.3 Å². The highest BCUT2D eigenvalue weighted by Gasteiger charge is 2.57. The van der Waals surface area contributed by atoms with E-state index in [2.05, 4.69) is 37.2 Å². The molecule has 15 saturated heterocycles. The molecule has 0 spiro atoms. The normalized spacial score (nSPS) is 44.5. The van der Waals surface area contributed by atoms with E-state index in [0.717, 1.165) is 6.92 Å². The first-order chi connectivity index (χ1) is 49.7. The van der Waals surface area contributed by atoms with Gasteiger partial charge in [0.15, 0.2) is 59.3 Å². The Hall–Kier alpha value is -2.74. The molecule has 0 aromatic carbocycles. The van der Waals surface area contributed by atoms with Gasteiger partial charge in [-0.3, -0.25) is 9.69 Å². The molecule has 0 aromatic rings. The van der Waals surface area contributed by atoms with Crippen molar-refractivity contribution in [3.8, 4) is 0 Å². The number of aliphatic hydroxyl groups is 18. The van der Waals surface area contributed by atoms with Crippen LogP contribution in [0.15, 0.2) is 0 Å². The molecule has 0 saturated carbocycles. The summed E-state index contributed by atoms with van der Waals surface area (Å²) in [7, 11) is 0. The molecular formula is C61H106N8O32S3. The fourth-order valence-electron chi connectivity index (χ4n) is 14.3. The van der Waals surface area contributed by atoms with Gasteiger partial charge in [-0.25, -0.2) is 0 Å². The number of thiocarbonyl (C=S) groups is 3. The van der Waals surface area contributed by atoms with E-state index >= 15 is 0 Å². The lowest BCUT2D eigenvalue weighted by Gasteiger charge is -2.50. The molecule has 8 bridgehead atoms. The molecule has 15 aliphatic heterocycles. The Morgan fingerprint density at radius 3 is 1.30 bits per heavy atom. The minimum atomic E-state index is -1.98. The van der Waals surface area contributed by atoms with Gasteiger partial charge in [0.05, 0.1) is 56.9 Å². The van der Waals surface area contributed by atoms with Crippen LogP contribution in [0.2, 0.25) is 0 Å². The summed E-state index contributed by atoms with van der Waals surface area (Å²) in [6.07, 6.45) is -45.9. The largest absolute Gasteiger partial charge is 0.394 e. The molecular weight excluding hydrogens is 1450 g/mol. The Kier molecular flexibility index (Phi) is 32.7. The van der Waals surface area contributed by atoms with E-state index in [9.17, 15) is 96.7 Å². The quantitative estimate of drug-likeness (QED) is 0.0422. The summed E-state index contributed by atoms with van der Waals surface area (Å²) in [5, 5.41) is 217. The van der Waals surface area contributed by atoms with Crippen molar-refractivity contribution in [3.05, 3.63) is 0 Å². The molecule has 15 aliphatic rings. The van der Waals surface area contributed by atoms with Crippen LogP contribution in [0.5, 0.6) is 0 Å². The summed E-state index contributed by atoms with van der Waals surface area (Å²) in [5.41, 5.74) is 0. The first kappa shape index (κ1) is 85.3. The van der Waals surface area contributed by atoms with Gasteiger partial charge in [-0.2, -0.15) is 0 Å². The number of rotatable bonds is 23. The van der Waals surface area contributed by atoms with Crippen molar-refractivity contribution in [1.82, 2.24) is 42.1 Å². The van der Waals surface area contributed by atoms with Gasteiger partial charge >= 0.3 is 0 Å². The Balaban J connectivity index is 0.869. The van der Waals surface area contributed by atoms with Crippen LogP contribution in [0, 0.1) is 11.8 Å². The summed E-state index contributed by atoms with van der Waals surface area (Å²) in [6.45, 7) is 0.882. The average Bonchev–Trinajstić information content (AvgIpc) is 0.804. The minimum Gasteiger partial charge on any atom is -0.394 e. The topological polar surface area (TPSA) is 589 Å². The number of carbonyl (C=O) groups excluding carboxylic acids is 1. The molecule has 600 valence electrons. The zero-order valence-corrected chi connectivity index (χ0v) is 59.7. The second kappa shape index (κ2) is 39.9. The van der Waals surface area contributed by atoms with E-state index in [1.54, 1.807) is 0 Å². The Bertz CT molecular complexity index is 2580. The highest BCUT2D eigenvalue weighted by molar-refractivity contribution is 7.80. The van der Waals surface area contributed by atoms with Crippen LogP contribution in [0.4, 0.5) is 0 Å². The number of carbonyl (C=O) groups is 1. The molecule has 15 fully saturated rings. The number of ether oxygens (including phenoxy) is 13. The van der Waals surface area contributed by atoms with Gasteiger partial charge in [0.25, 0.3) is 0 Å². The first-order valence-electron chi connectivity index (χ1n) is 35.2. The lowest BCUT2D eigenvalue weighted by atomic mass is 9.84. The van der Waals surface area contributed by atoms with Gasteiger partial charge < -0.3 is 191 Å². The van der Waals surface area contributed by atoms with Crippen LogP contribution in [0.3, 0.4) is 0 Å². The molecule has 15 heterocycles. The standard InChI is InChI=1S/C61H106N8O32S3/c1-23-34(75)38(79)44(85)55(91-23)101-51-33(67-24(2)74)52(92-32(22-73)50(51)100-58-45(86)39(80)37(78)29(19-70)95-58)68-61(104)64-11-14-69(12-9-62-59(102)65-17-27-25-7-3-5-15-89-53-46(87)40(81)48(30(20-71)96-53)98-56(93-27)42(83)35(25)76)13-10-63-60(103)66-18-28-26-8-4-6-16-90-54-47(88)41(82)49(31(21-72)97-54)99-57(94-28)43(84)36(26)77/h23,25-58,70-73,75-88H,3-22H2,1-2H3,(H,67,74)(H2,62,65,102)(H2,63,66,103)(H2,64,68,104)/t23?,25?,26?,27?,28?,29?,30?,31?,32?,33?,34-,35+,36+,37+,38+,39+,40-,41-,42?,43?,44?,45?,46?,47?,48?,49?,50-,51-,52-,53+,54+,55+,56-,57-,58+/m1/s1. The van der Waals surface area contributed by atoms with Crippen LogP contribution in [0.1, 0.15) is 52.4 Å². The molecule has 104 heavy (non-hydrogen) atoms. The molecule has 40 nitrogen and oxygen atoms in total. The fraction of sp³-hybridized carbons (Fsp3) is 0.934.